The molecule has 0 aliphatic heterocycles. The second-order valence-electron chi connectivity index (χ2n) is 7.08. The van der Waals surface area contributed by atoms with E-state index >= 15 is 0 Å². The molecule has 3 aromatic rings. The summed E-state index contributed by atoms with van der Waals surface area (Å²) >= 11 is 6.08. The lowest BCUT2D eigenvalue weighted by atomic mass is 10.2. The molecule has 1 amide bonds. The van der Waals surface area contributed by atoms with E-state index in [4.69, 9.17) is 16.3 Å². The molecule has 0 saturated heterocycles. The number of methoxy groups -OCH3 is 1. The lowest BCUT2D eigenvalue weighted by Crippen LogP contribution is -2.37. The van der Waals surface area contributed by atoms with Crippen molar-refractivity contribution >= 4 is 33.2 Å². The first-order valence-electron chi connectivity index (χ1n) is 9.64. The monoisotopic (exact) mass is 476 g/mol. The van der Waals surface area contributed by atoms with Crippen LogP contribution >= 0.6 is 11.6 Å². The number of benzene rings is 3. The van der Waals surface area contributed by atoms with Crippen molar-refractivity contribution in [2.24, 2.45) is 0 Å². The minimum Gasteiger partial charge on any atom is -0.495 e. The summed E-state index contributed by atoms with van der Waals surface area (Å²) < 4.78 is 46.8. The van der Waals surface area contributed by atoms with Crippen LogP contribution in [0.1, 0.15) is 11.1 Å². The molecule has 0 bridgehead atoms. The quantitative estimate of drug-likeness (QED) is 0.514. The van der Waals surface area contributed by atoms with E-state index < -0.39 is 28.3 Å². The molecule has 9 heteroatoms. The molecular formula is C23H22ClFN2O4S. The van der Waals surface area contributed by atoms with Crippen molar-refractivity contribution in [1.29, 1.82) is 0 Å². The molecule has 0 aliphatic carbocycles. The summed E-state index contributed by atoms with van der Waals surface area (Å²) in [5.41, 5.74) is 1.42. The first kappa shape index (κ1) is 23.7. The van der Waals surface area contributed by atoms with Crippen molar-refractivity contribution in [1.82, 2.24) is 4.31 Å². The summed E-state index contributed by atoms with van der Waals surface area (Å²) in [6.07, 6.45) is 0. The van der Waals surface area contributed by atoms with Crippen LogP contribution in [0.15, 0.2) is 71.6 Å². The van der Waals surface area contributed by atoms with E-state index in [2.05, 4.69) is 5.32 Å². The predicted octanol–water partition coefficient (Wildman–Crippen LogP) is 4.63. The van der Waals surface area contributed by atoms with E-state index in [1.165, 1.54) is 43.5 Å². The van der Waals surface area contributed by atoms with Crippen molar-refractivity contribution in [3.05, 3.63) is 88.7 Å². The number of nitrogens with zero attached hydrogens (tertiary/aromatic N) is 1. The first-order valence-corrected chi connectivity index (χ1v) is 11.5. The molecule has 0 spiro atoms. The van der Waals surface area contributed by atoms with E-state index in [0.717, 1.165) is 9.87 Å². The minimum absolute atomic E-state index is 0.0136. The van der Waals surface area contributed by atoms with Crippen molar-refractivity contribution in [2.45, 2.75) is 18.4 Å². The van der Waals surface area contributed by atoms with Crippen molar-refractivity contribution in [3.63, 3.8) is 0 Å². The van der Waals surface area contributed by atoms with E-state index in [1.54, 1.807) is 30.3 Å². The van der Waals surface area contributed by atoms with Gasteiger partial charge in [0.05, 0.1) is 23.6 Å². The fourth-order valence-corrected chi connectivity index (χ4v) is 4.64. The van der Waals surface area contributed by atoms with Gasteiger partial charge in [0.15, 0.2) is 0 Å². The van der Waals surface area contributed by atoms with Gasteiger partial charge in [0.2, 0.25) is 15.9 Å². The Morgan fingerprint density at radius 1 is 1.09 bits per heavy atom. The molecule has 0 fully saturated rings. The molecule has 0 aromatic heterocycles. The Morgan fingerprint density at radius 2 is 1.78 bits per heavy atom. The normalized spacial score (nSPS) is 11.4. The predicted molar refractivity (Wildman–Crippen MR) is 122 cm³/mol. The van der Waals surface area contributed by atoms with Gasteiger partial charge in [0, 0.05) is 17.8 Å². The van der Waals surface area contributed by atoms with E-state index in [0.29, 0.717) is 16.5 Å². The molecule has 3 aromatic carbocycles. The van der Waals surface area contributed by atoms with Crippen LogP contribution in [-0.4, -0.2) is 32.3 Å². The Balaban J connectivity index is 1.88. The zero-order valence-corrected chi connectivity index (χ0v) is 19.1. The summed E-state index contributed by atoms with van der Waals surface area (Å²) in [7, 11) is -2.61. The van der Waals surface area contributed by atoms with Gasteiger partial charge in [-0.05, 0) is 43.3 Å². The van der Waals surface area contributed by atoms with Crippen LogP contribution in [0.5, 0.6) is 5.75 Å². The molecule has 6 nitrogen and oxygen atoms in total. The largest absolute Gasteiger partial charge is 0.495 e. The number of aryl methyl sites for hydroxylation is 1. The van der Waals surface area contributed by atoms with Gasteiger partial charge in [-0.25, -0.2) is 12.8 Å². The number of anilines is 1. The maximum Gasteiger partial charge on any atom is 0.243 e. The molecule has 0 atom stereocenters. The third-order valence-electron chi connectivity index (χ3n) is 4.72. The van der Waals surface area contributed by atoms with Gasteiger partial charge in [-0.15, -0.1) is 0 Å². The summed E-state index contributed by atoms with van der Waals surface area (Å²) in [5, 5.41) is 2.91. The third kappa shape index (κ3) is 5.64. The Labute approximate surface area is 191 Å². The van der Waals surface area contributed by atoms with Crippen molar-refractivity contribution in [3.8, 4) is 5.75 Å². The second-order valence-corrected chi connectivity index (χ2v) is 9.42. The fraction of sp³-hybridized carbons (Fsp3) is 0.174. The number of sulfonamides is 1. The smallest absolute Gasteiger partial charge is 0.243 e. The molecule has 1 N–H and O–H groups in total. The molecule has 0 heterocycles. The molecule has 0 aliphatic rings. The number of carbonyl (C=O) groups excluding carboxylic acids is 1. The van der Waals surface area contributed by atoms with Crippen LogP contribution in [0.3, 0.4) is 0 Å². The topological polar surface area (TPSA) is 75.7 Å². The summed E-state index contributed by atoms with van der Waals surface area (Å²) in [6.45, 7) is 1.01. The molecule has 0 radical (unpaired) electrons. The highest BCUT2D eigenvalue weighted by Crippen LogP contribution is 2.27. The zero-order chi connectivity index (χ0) is 23.3. The molecule has 0 unspecified atom stereocenters. The SMILES string of the molecule is COc1ccc(NC(=O)CN(Cc2ccccc2F)S(=O)(=O)c2ccc(C)cc2)cc1Cl. The van der Waals surface area contributed by atoms with Crippen molar-refractivity contribution < 1.29 is 22.3 Å². The minimum atomic E-state index is -4.08. The molecule has 168 valence electrons. The average molecular weight is 477 g/mol. The highest BCUT2D eigenvalue weighted by atomic mass is 35.5. The summed E-state index contributed by atoms with van der Waals surface area (Å²) in [5.74, 6) is -0.718. The molecular weight excluding hydrogens is 455 g/mol. The zero-order valence-electron chi connectivity index (χ0n) is 17.5. The number of halogens is 2. The summed E-state index contributed by atoms with van der Waals surface area (Å²) in [6, 6.07) is 16.7. The molecule has 32 heavy (non-hydrogen) atoms. The number of nitrogens with one attached hydrogen (secondary N) is 1. The van der Waals surface area contributed by atoms with Gasteiger partial charge in [-0.1, -0.05) is 47.5 Å². The average Bonchev–Trinajstić information content (AvgIpc) is 2.75. The van der Waals surface area contributed by atoms with Crippen LogP contribution in [0.4, 0.5) is 10.1 Å². The number of rotatable bonds is 8. The number of amides is 1. The first-order chi connectivity index (χ1) is 15.2. The lowest BCUT2D eigenvalue weighted by molar-refractivity contribution is -0.116. The fourth-order valence-electron chi connectivity index (χ4n) is 3.01. The van der Waals surface area contributed by atoms with Gasteiger partial charge in [0.1, 0.15) is 11.6 Å². The summed E-state index contributed by atoms with van der Waals surface area (Å²) in [4.78, 5) is 12.7. The molecule has 3 rings (SSSR count). The van der Waals surface area contributed by atoms with E-state index in [-0.39, 0.29) is 17.0 Å². The third-order valence-corrected chi connectivity index (χ3v) is 6.82. The Morgan fingerprint density at radius 3 is 2.41 bits per heavy atom. The van der Waals surface area contributed by atoms with Gasteiger partial charge >= 0.3 is 0 Å². The van der Waals surface area contributed by atoms with Gasteiger partial charge < -0.3 is 10.1 Å². The highest BCUT2D eigenvalue weighted by Gasteiger charge is 2.28. The van der Waals surface area contributed by atoms with Crippen LogP contribution in [0.25, 0.3) is 0 Å². The standard InChI is InChI=1S/C23H22ClFN2O4S/c1-16-7-10-19(11-8-16)32(29,30)27(14-17-5-3-4-6-21(17)25)15-23(28)26-18-9-12-22(31-2)20(24)13-18/h3-13H,14-15H2,1-2H3,(H,26,28). The number of carbonyl (C=O) groups is 1. The number of hydrogen-bond donors (Lipinski definition) is 1. The van der Waals surface area contributed by atoms with Gasteiger partial charge in [-0.2, -0.15) is 4.31 Å². The van der Waals surface area contributed by atoms with Crippen LogP contribution in [-0.2, 0) is 21.4 Å². The van der Waals surface area contributed by atoms with E-state index in [1.807, 2.05) is 6.92 Å². The maximum atomic E-state index is 14.2. The van der Waals surface area contributed by atoms with Crippen LogP contribution in [0.2, 0.25) is 5.02 Å². The van der Waals surface area contributed by atoms with E-state index in [9.17, 15) is 17.6 Å². The van der Waals surface area contributed by atoms with Crippen molar-refractivity contribution in [2.75, 3.05) is 19.0 Å². The van der Waals surface area contributed by atoms with Crippen LogP contribution in [0, 0.1) is 12.7 Å². The van der Waals surface area contributed by atoms with Gasteiger partial charge in [-0.3, -0.25) is 4.79 Å². The highest BCUT2D eigenvalue weighted by molar-refractivity contribution is 7.89. The van der Waals surface area contributed by atoms with Gasteiger partial charge in [0.25, 0.3) is 0 Å². The molecule has 0 saturated carbocycles. The number of ether oxygens (including phenoxy) is 1. The maximum absolute atomic E-state index is 14.2. The Bertz CT molecular complexity index is 1220. The Kier molecular flexibility index (Phi) is 7.50. The lowest BCUT2D eigenvalue weighted by Gasteiger charge is -2.22. The Hall–Kier alpha value is -2.94. The number of hydrogen-bond acceptors (Lipinski definition) is 4. The van der Waals surface area contributed by atoms with Crippen LogP contribution < -0.4 is 10.1 Å². The second kappa shape index (κ2) is 10.1.